The summed E-state index contributed by atoms with van der Waals surface area (Å²) >= 11 is 0. The zero-order chi connectivity index (χ0) is 18.0. The van der Waals surface area contributed by atoms with Gasteiger partial charge in [0, 0.05) is 17.9 Å². The van der Waals surface area contributed by atoms with Crippen molar-refractivity contribution in [1.82, 2.24) is 5.32 Å². The average molecular weight is 349 g/mol. The van der Waals surface area contributed by atoms with Crippen LogP contribution in [0.2, 0.25) is 0 Å². The second-order valence-corrected chi connectivity index (χ2v) is 7.22. The smallest absolute Gasteiger partial charge is 0.407 e. The Labute approximate surface area is 153 Å². The Morgan fingerprint density at radius 1 is 1.04 bits per heavy atom. The van der Waals surface area contributed by atoms with Crippen molar-refractivity contribution < 1.29 is 14.6 Å². The van der Waals surface area contributed by atoms with E-state index in [4.69, 9.17) is 4.74 Å². The van der Waals surface area contributed by atoms with Crippen LogP contribution in [0.1, 0.15) is 29.9 Å². The van der Waals surface area contributed by atoms with Crippen molar-refractivity contribution >= 4 is 6.09 Å². The van der Waals surface area contributed by atoms with Crippen LogP contribution in [-0.2, 0) is 4.74 Å². The number of ether oxygens (including phenoxy) is 1. The topological polar surface area (TPSA) is 58.6 Å². The number of nitrogens with one attached hydrogen (secondary N) is 1. The predicted octanol–water partition coefficient (Wildman–Crippen LogP) is 3.85. The lowest BCUT2D eigenvalue weighted by Crippen LogP contribution is -2.39. The maximum atomic E-state index is 12.2. The van der Waals surface area contributed by atoms with Crippen LogP contribution in [0, 0.1) is 5.41 Å². The Hall–Kier alpha value is -2.59. The van der Waals surface area contributed by atoms with E-state index in [0.717, 1.165) is 12.8 Å². The van der Waals surface area contributed by atoms with Crippen molar-refractivity contribution in [3.05, 3.63) is 71.8 Å². The lowest BCUT2D eigenvalue weighted by molar-refractivity contribution is 0.114. The van der Waals surface area contributed by atoms with E-state index < -0.39 is 6.09 Å². The minimum atomic E-state index is -0.424. The van der Waals surface area contributed by atoms with Gasteiger partial charge in [-0.05, 0) is 35.1 Å². The quantitative estimate of drug-likeness (QED) is 0.806. The lowest BCUT2D eigenvalue weighted by Gasteiger charge is -2.26. The molecule has 0 aliphatic heterocycles. The number of hydrogen-bond donors (Lipinski definition) is 2. The summed E-state index contributed by atoms with van der Waals surface area (Å²) in [4.78, 5) is 12.2. The van der Waals surface area contributed by atoms with Gasteiger partial charge in [0.05, 0.1) is 6.61 Å². The number of aliphatic hydroxyl groups is 1. The maximum absolute atomic E-state index is 12.2. The number of alkyl carbamates (subject to hydrolysis) is 1. The number of amides is 1. The molecule has 0 fully saturated rings. The molecule has 4 heteroatoms. The largest absolute Gasteiger partial charge is 0.449 e. The number of fused-ring (bicyclic) bond motifs is 3. The second-order valence-electron chi connectivity index (χ2n) is 7.22. The summed E-state index contributed by atoms with van der Waals surface area (Å²) in [5, 5.41) is 12.4. The van der Waals surface area contributed by atoms with Crippen LogP contribution in [0.15, 0.2) is 60.7 Å². The molecule has 0 unspecified atom stereocenters. The molecule has 2 aliphatic carbocycles. The van der Waals surface area contributed by atoms with Crippen LogP contribution in [0.3, 0.4) is 0 Å². The third kappa shape index (κ3) is 3.01. The molecule has 0 bridgehead atoms. The number of benzene rings is 2. The van der Waals surface area contributed by atoms with Crippen LogP contribution < -0.4 is 5.32 Å². The molecule has 4 rings (SSSR count). The molecule has 0 aromatic heterocycles. The molecule has 0 saturated carbocycles. The highest BCUT2D eigenvalue weighted by Crippen LogP contribution is 2.44. The van der Waals surface area contributed by atoms with Crippen molar-refractivity contribution in [2.45, 2.75) is 18.8 Å². The summed E-state index contributed by atoms with van der Waals surface area (Å²) in [5.74, 6) is 0.0631. The molecule has 1 amide bonds. The van der Waals surface area contributed by atoms with E-state index in [1.807, 2.05) is 24.3 Å². The van der Waals surface area contributed by atoms with Gasteiger partial charge < -0.3 is 15.2 Å². The molecular formula is C22H23NO3. The fourth-order valence-electron chi connectivity index (χ4n) is 3.99. The number of aliphatic hydroxyl groups excluding tert-OH is 1. The molecule has 2 aliphatic rings. The fraction of sp³-hybridized carbons (Fsp3) is 0.318. The molecule has 0 atom stereocenters. The van der Waals surface area contributed by atoms with Crippen LogP contribution >= 0.6 is 0 Å². The van der Waals surface area contributed by atoms with Crippen LogP contribution in [0.4, 0.5) is 4.79 Å². The van der Waals surface area contributed by atoms with Crippen LogP contribution in [-0.4, -0.2) is 31.0 Å². The summed E-state index contributed by atoms with van der Waals surface area (Å²) in [6.07, 6.45) is 5.25. The fourth-order valence-corrected chi connectivity index (χ4v) is 3.99. The average Bonchev–Trinajstić information content (AvgIpc) is 3.28. The van der Waals surface area contributed by atoms with E-state index in [-0.39, 0.29) is 17.9 Å². The molecule has 2 aromatic rings. The molecule has 0 heterocycles. The lowest BCUT2D eigenvalue weighted by atomic mass is 9.86. The third-order valence-corrected chi connectivity index (χ3v) is 5.56. The van der Waals surface area contributed by atoms with Gasteiger partial charge in [-0.15, -0.1) is 0 Å². The summed E-state index contributed by atoms with van der Waals surface area (Å²) in [6, 6.07) is 16.6. The van der Waals surface area contributed by atoms with E-state index in [1.54, 1.807) is 0 Å². The predicted molar refractivity (Wildman–Crippen MR) is 101 cm³/mol. The van der Waals surface area contributed by atoms with Crippen molar-refractivity contribution in [3.8, 4) is 11.1 Å². The Bertz CT molecular complexity index is 789. The molecule has 0 spiro atoms. The van der Waals surface area contributed by atoms with Crippen molar-refractivity contribution in [3.63, 3.8) is 0 Å². The molecule has 2 aromatic carbocycles. The van der Waals surface area contributed by atoms with E-state index >= 15 is 0 Å². The molecule has 2 N–H and O–H groups in total. The minimum Gasteiger partial charge on any atom is -0.449 e. The Balaban J connectivity index is 1.41. The highest BCUT2D eigenvalue weighted by atomic mass is 16.5. The number of rotatable bonds is 5. The normalized spacial score (nSPS) is 17.0. The summed E-state index contributed by atoms with van der Waals surface area (Å²) in [7, 11) is 0. The van der Waals surface area contributed by atoms with Crippen molar-refractivity contribution in [2.24, 2.45) is 5.41 Å². The summed E-state index contributed by atoms with van der Waals surface area (Å²) in [5.41, 5.74) is 4.56. The van der Waals surface area contributed by atoms with Gasteiger partial charge in [0.1, 0.15) is 6.61 Å². The van der Waals surface area contributed by atoms with Gasteiger partial charge in [-0.3, -0.25) is 0 Å². The van der Waals surface area contributed by atoms with Gasteiger partial charge in [-0.25, -0.2) is 4.79 Å². The summed E-state index contributed by atoms with van der Waals surface area (Å²) < 4.78 is 5.54. The van der Waals surface area contributed by atoms with Gasteiger partial charge in [-0.2, -0.15) is 0 Å². The Morgan fingerprint density at radius 2 is 1.62 bits per heavy atom. The number of allylic oxidation sites excluding steroid dienone is 2. The first-order valence-corrected chi connectivity index (χ1v) is 9.07. The monoisotopic (exact) mass is 349 g/mol. The van der Waals surface area contributed by atoms with Gasteiger partial charge in [-0.1, -0.05) is 60.7 Å². The SMILES string of the molecule is O=C(NCC1(CO)CC=CC1)OCC1c2ccccc2-c2ccccc21. The molecule has 0 radical (unpaired) electrons. The number of carbonyl (C=O) groups excluding carboxylic acids is 1. The maximum Gasteiger partial charge on any atom is 0.407 e. The summed E-state index contributed by atoms with van der Waals surface area (Å²) in [6.45, 7) is 0.793. The molecule has 134 valence electrons. The Morgan fingerprint density at radius 3 is 2.19 bits per heavy atom. The van der Waals surface area contributed by atoms with Crippen molar-refractivity contribution in [1.29, 1.82) is 0 Å². The zero-order valence-electron chi connectivity index (χ0n) is 14.7. The van der Waals surface area contributed by atoms with E-state index in [1.165, 1.54) is 22.3 Å². The zero-order valence-corrected chi connectivity index (χ0v) is 14.7. The van der Waals surface area contributed by atoms with Crippen molar-refractivity contribution in [2.75, 3.05) is 19.8 Å². The molecule has 0 saturated heterocycles. The van der Waals surface area contributed by atoms with E-state index in [2.05, 4.69) is 41.7 Å². The second kappa shape index (κ2) is 6.96. The van der Waals surface area contributed by atoms with Crippen LogP contribution in [0.25, 0.3) is 11.1 Å². The Kier molecular flexibility index (Phi) is 4.51. The van der Waals surface area contributed by atoms with Crippen LogP contribution in [0.5, 0.6) is 0 Å². The molecule has 4 nitrogen and oxygen atoms in total. The van der Waals surface area contributed by atoms with E-state index in [9.17, 15) is 9.90 Å². The number of hydrogen-bond acceptors (Lipinski definition) is 3. The molecule has 26 heavy (non-hydrogen) atoms. The highest BCUT2D eigenvalue weighted by Gasteiger charge is 2.32. The number of carbonyl (C=O) groups is 1. The first-order valence-electron chi connectivity index (χ1n) is 9.07. The minimum absolute atomic E-state index is 0.0592. The third-order valence-electron chi connectivity index (χ3n) is 5.56. The van der Waals surface area contributed by atoms with Gasteiger partial charge in [0.2, 0.25) is 0 Å². The molecular weight excluding hydrogens is 326 g/mol. The van der Waals surface area contributed by atoms with Gasteiger partial charge in [0.25, 0.3) is 0 Å². The standard InChI is InChI=1S/C22H23NO3/c24-15-22(11-5-6-12-22)14-23-21(25)26-13-20-18-9-3-1-7-16(18)17-8-2-4-10-19(17)20/h1-10,20,24H,11-15H2,(H,23,25). The van der Waals surface area contributed by atoms with Gasteiger partial charge >= 0.3 is 6.09 Å². The first-order chi connectivity index (χ1) is 12.7. The van der Waals surface area contributed by atoms with E-state index in [0.29, 0.717) is 13.2 Å². The van der Waals surface area contributed by atoms with Gasteiger partial charge in [0.15, 0.2) is 0 Å². The highest BCUT2D eigenvalue weighted by molar-refractivity contribution is 5.79. The first kappa shape index (κ1) is 16.9.